The van der Waals surface area contributed by atoms with Crippen LogP contribution in [0.25, 0.3) is 0 Å². The number of nitrogen functional groups attached to an aromatic ring is 1. The first kappa shape index (κ1) is 17.0. The van der Waals surface area contributed by atoms with E-state index in [4.69, 9.17) is 5.84 Å². The van der Waals surface area contributed by atoms with Crippen molar-refractivity contribution in [2.45, 2.75) is 13.3 Å². The van der Waals surface area contributed by atoms with Crippen LogP contribution < -0.4 is 21.3 Å². The molecule has 0 spiro atoms. The van der Waals surface area contributed by atoms with E-state index in [1.165, 1.54) is 6.92 Å². The minimum absolute atomic E-state index is 0.0276. The van der Waals surface area contributed by atoms with Gasteiger partial charge in [-0.2, -0.15) is 4.98 Å². The zero-order valence-corrected chi connectivity index (χ0v) is 12.4. The van der Waals surface area contributed by atoms with Crippen molar-refractivity contribution in [3.05, 3.63) is 15.8 Å². The Kier molecular flexibility index (Phi) is 5.75. The monoisotopic (exact) mass is 319 g/mol. The lowest BCUT2D eigenvalue weighted by Crippen LogP contribution is -2.24. The summed E-state index contributed by atoms with van der Waals surface area (Å²) in [5.41, 5.74) is 2.14. The number of nitrogens with two attached hydrogens (primary N) is 1. The Morgan fingerprint density at radius 3 is 2.52 bits per heavy atom. The number of aryl methyl sites for hydroxylation is 1. The van der Waals surface area contributed by atoms with Crippen molar-refractivity contribution in [2.24, 2.45) is 5.84 Å². The van der Waals surface area contributed by atoms with Gasteiger partial charge in [0.05, 0.1) is 11.2 Å². The topological polar surface area (TPSA) is 165 Å². The molecule has 1 aromatic heterocycles. The number of nitrogens with one attached hydrogen (secondary N) is 3. The molecule has 0 aliphatic carbocycles. The minimum Gasteiger partial charge on any atom is -0.364 e. The fraction of sp³-hybridized carbons (Fsp3) is 0.556. The van der Waals surface area contributed by atoms with Gasteiger partial charge < -0.3 is 5.32 Å². The lowest BCUT2D eigenvalue weighted by atomic mass is 10.3. The highest BCUT2D eigenvalue weighted by Gasteiger charge is 2.21. The lowest BCUT2D eigenvalue weighted by Gasteiger charge is -2.09. The number of sulfonamides is 1. The van der Waals surface area contributed by atoms with Crippen molar-refractivity contribution in [3.8, 4) is 0 Å². The standard InChI is InChI=1S/C9H17N7O4S/c1-6-7(16(17)18)8(14-9(13-6)15-10)11-4-3-5-12-21(2,19)20/h12H,3-5,10H2,1-2H3,(H2,11,13,14,15). The smallest absolute Gasteiger partial charge is 0.332 e. The Labute approximate surface area is 121 Å². The maximum absolute atomic E-state index is 11.0. The third-order valence-electron chi connectivity index (χ3n) is 2.38. The molecule has 1 rings (SSSR count). The number of nitrogens with zero attached hydrogens (tertiary/aromatic N) is 3. The van der Waals surface area contributed by atoms with E-state index in [0.717, 1.165) is 6.26 Å². The second-order valence-electron chi connectivity index (χ2n) is 4.18. The molecule has 0 unspecified atom stereocenters. The summed E-state index contributed by atoms with van der Waals surface area (Å²) in [5.74, 6) is 5.27. The van der Waals surface area contributed by atoms with Gasteiger partial charge in [-0.05, 0) is 13.3 Å². The highest BCUT2D eigenvalue weighted by molar-refractivity contribution is 7.88. The van der Waals surface area contributed by atoms with Crippen LogP contribution in [-0.4, -0.2) is 42.7 Å². The number of rotatable bonds is 8. The Bertz CT molecular complexity index is 619. The van der Waals surface area contributed by atoms with Crippen molar-refractivity contribution < 1.29 is 13.3 Å². The highest BCUT2D eigenvalue weighted by atomic mass is 32.2. The maximum Gasteiger partial charge on any atom is 0.332 e. The van der Waals surface area contributed by atoms with E-state index in [-0.39, 0.29) is 29.7 Å². The van der Waals surface area contributed by atoms with Gasteiger partial charge in [-0.1, -0.05) is 0 Å². The summed E-state index contributed by atoms with van der Waals surface area (Å²) < 4.78 is 24.1. The first-order chi connectivity index (χ1) is 9.74. The third kappa shape index (κ3) is 5.45. The molecule has 5 N–H and O–H groups in total. The maximum atomic E-state index is 11.0. The van der Waals surface area contributed by atoms with Gasteiger partial charge in [0.1, 0.15) is 5.69 Å². The molecular weight excluding hydrogens is 302 g/mol. The third-order valence-corrected chi connectivity index (χ3v) is 3.11. The predicted molar refractivity (Wildman–Crippen MR) is 77.2 cm³/mol. The average Bonchev–Trinajstić information content (AvgIpc) is 2.35. The first-order valence-electron chi connectivity index (χ1n) is 5.92. The molecule has 0 aromatic carbocycles. The Hall–Kier alpha value is -2.05. The normalized spacial score (nSPS) is 11.2. The molecule has 11 nitrogen and oxygen atoms in total. The van der Waals surface area contributed by atoms with Crippen LogP contribution in [0.15, 0.2) is 0 Å². The summed E-state index contributed by atoms with van der Waals surface area (Å²) in [5, 5.41) is 13.8. The summed E-state index contributed by atoms with van der Waals surface area (Å²) in [6.45, 7) is 1.98. The van der Waals surface area contributed by atoms with Crippen molar-refractivity contribution in [3.63, 3.8) is 0 Å². The van der Waals surface area contributed by atoms with E-state index in [1.54, 1.807) is 0 Å². The molecule has 21 heavy (non-hydrogen) atoms. The Balaban J connectivity index is 2.73. The van der Waals surface area contributed by atoms with Crippen LogP contribution >= 0.6 is 0 Å². The van der Waals surface area contributed by atoms with Crippen LogP contribution in [-0.2, 0) is 10.0 Å². The second-order valence-corrected chi connectivity index (χ2v) is 6.01. The molecule has 1 aromatic rings. The molecule has 1 heterocycles. The summed E-state index contributed by atoms with van der Waals surface area (Å²) in [6, 6.07) is 0. The molecule has 118 valence electrons. The van der Waals surface area contributed by atoms with Crippen LogP contribution in [0, 0.1) is 17.0 Å². The summed E-state index contributed by atoms with van der Waals surface area (Å²) in [4.78, 5) is 18.1. The zero-order valence-electron chi connectivity index (χ0n) is 11.6. The lowest BCUT2D eigenvalue weighted by molar-refractivity contribution is -0.385. The summed E-state index contributed by atoms with van der Waals surface area (Å²) in [7, 11) is -3.25. The van der Waals surface area contributed by atoms with Gasteiger partial charge in [-0.15, -0.1) is 0 Å². The molecule has 12 heteroatoms. The largest absolute Gasteiger partial charge is 0.364 e. The number of hydrogen-bond acceptors (Lipinski definition) is 9. The van der Waals surface area contributed by atoms with Crippen LogP contribution in [0.4, 0.5) is 17.5 Å². The quantitative estimate of drug-likeness (QED) is 0.210. The van der Waals surface area contributed by atoms with E-state index in [0.29, 0.717) is 13.0 Å². The van der Waals surface area contributed by atoms with Crippen molar-refractivity contribution in [2.75, 3.05) is 30.1 Å². The number of aromatic nitrogens is 2. The molecule has 0 amide bonds. The number of hydrogen-bond donors (Lipinski definition) is 4. The highest BCUT2D eigenvalue weighted by Crippen LogP contribution is 2.26. The fourth-order valence-corrected chi connectivity index (χ4v) is 2.04. The van der Waals surface area contributed by atoms with E-state index in [9.17, 15) is 18.5 Å². The Morgan fingerprint density at radius 1 is 1.33 bits per heavy atom. The molecule has 0 radical (unpaired) electrons. The molecule has 0 aliphatic rings. The zero-order chi connectivity index (χ0) is 16.0. The SMILES string of the molecule is Cc1nc(NN)nc(NCCCNS(C)(=O)=O)c1[N+](=O)[O-]. The van der Waals surface area contributed by atoms with Gasteiger partial charge in [0, 0.05) is 13.1 Å². The van der Waals surface area contributed by atoms with E-state index in [2.05, 4.69) is 25.4 Å². The molecule has 0 saturated heterocycles. The number of anilines is 2. The Morgan fingerprint density at radius 2 is 2.00 bits per heavy atom. The molecule has 0 aliphatic heterocycles. The second kappa shape index (κ2) is 7.10. The average molecular weight is 319 g/mol. The van der Waals surface area contributed by atoms with Gasteiger partial charge in [0.2, 0.25) is 21.8 Å². The van der Waals surface area contributed by atoms with Crippen molar-refractivity contribution in [1.29, 1.82) is 0 Å². The van der Waals surface area contributed by atoms with Crippen molar-refractivity contribution in [1.82, 2.24) is 14.7 Å². The summed E-state index contributed by atoms with van der Waals surface area (Å²) in [6.07, 6.45) is 1.48. The van der Waals surface area contributed by atoms with Crippen LogP contribution in [0.5, 0.6) is 0 Å². The van der Waals surface area contributed by atoms with Crippen molar-refractivity contribution >= 4 is 27.5 Å². The van der Waals surface area contributed by atoms with Gasteiger partial charge in [-0.3, -0.25) is 15.5 Å². The number of nitro groups is 1. The van der Waals surface area contributed by atoms with Crippen LogP contribution in [0.3, 0.4) is 0 Å². The summed E-state index contributed by atoms with van der Waals surface area (Å²) >= 11 is 0. The van der Waals surface area contributed by atoms with Gasteiger partial charge in [0.15, 0.2) is 0 Å². The molecular formula is C9H17N7O4S. The predicted octanol–water partition coefficient (Wildman–Crippen LogP) is -0.670. The number of hydrazine groups is 1. The molecule has 0 fully saturated rings. The molecule has 0 saturated carbocycles. The van der Waals surface area contributed by atoms with E-state index >= 15 is 0 Å². The fourth-order valence-electron chi connectivity index (χ4n) is 1.53. The van der Waals surface area contributed by atoms with Gasteiger partial charge in [0.25, 0.3) is 0 Å². The molecule has 0 atom stereocenters. The van der Waals surface area contributed by atoms with Gasteiger partial charge >= 0.3 is 5.69 Å². The minimum atomic E-state index is -3.25. The van der Waals surface area contributed by atoms with E-state index < -0.39 is 14.9 Å². The molecule has 0 bridgehead atoms. The van der Waals surface area contributed by atoms with Gasteiger partial charge in [-0.25, -0.2) is 24.0 Å². The van der Waals surface area contributed by atoms with Crippen LogP contribution in [0.1, 0.15) is 12.1 Å². The van der Waals surface area contributed by atoms with E-state index in [1.807, 2.05) is 0 Å². The van der Waals surface area contributed by atoms with Crippen LogP contribution in [0.2, 0.25) is 0 Å². The first-order valence-corrected chi connectivity index (χ1v) is 7.82.